The van der Waals surface area contributed by atoms with Gasteiger partial charge in [-0.05, 0) is 29.3 Å². The zero-order valence-electron chi connectivity index (χ0n) is 8.18. The number of nitrogens with one attached hydrogen (secondary N) is 1. The van der Waals surface area contributed by atoms with Gasteiger partial charge >= 0.3 is 0 Å². The molecule has 0 amide bonds. The molecule has 5 nitrogen and oxygen atoms in total. The van der Waals surface area contributed by atoms with E-state index in [2.05, 4.69) is 11.8 Å². The maximum Gasteiger partial charge on any atom is 0.0947 e. The van der Waals surface area contributed by atoms with E-state index in [0.717, 1.165) is 5.56 Å². The highest BCUT2D eigenvalue weighted by Crippen LogP contribution is 2.12. The highest BCUT2D eigenvalue weighted by Gasteiger charge is 2.08. The molecule has 0 bridgehead atoms. The summed E-state index contributed by atoms with van der Waals surface area (Å²) in [6.45, 7) is 3.45. The van der Waals surface area contributed by atoms with Crippen molar-refractivity contribution in [3.63, 3.8) is 0 Å². The lowest BCUT2D eigenvalue weighted by Gasteiger charge is -2.09. The molecule has 0 spiro atoms. The summed E-state index contributed by atoms with van der Waals surface area (Å²) < 4.78 is 0. The van der Waals surface area contributed by atoms with E-state index in [1.165, 1.54) is 0 Å². The molecule has 4 N–H and O–H groups in total. The topological polar surface area (TPSA) is 87.7 Å². The van der Waals surface area contributed by atoms with Crippen molar-refractivity contribution in [2.24, 2.45) is 10.9 Å². The van der Waals surface area contributed by atoms with Crippen LogP contribution in [0.5, 0.6) is 0 Å². The molecule has 1 aromatic rings. The molecule has 0 saturated carbocycles. The molecule has 1 atom stereocenters. The number of nitroso groups, excluding NO2 is 1. The van der Waals surface area contributed by atoms with Crippen molar-refractivity contribution in [2.75, 3.05) is 5.48 Å². The highest BCUT2D eigenvalue weighted by molar-refractivity contribution is 5.42. The Morgan fingerprint density at radius 3 is 2.60 bits per heavy atom. The molecule has 0 saturated heterocycles. The lowest BCUT2D eigenvalue weighted by molar-refractivity contribution is 0.389. The van der Waals surface area contributed by atoms with Crippen LogP contribution in [0.1, 0.15) is 5.56 Å². The van der Waals surface area contributed by atoms with Crippen molar-refractivity contribution in [1.29, 1.82) is 0 Å². The molecular weight excluding hydrogens is 194 g/mol. The molecular formula is C10H13N3O2. The van der Waals surface area contributed by atoms with Crippen molar-refractivity contribution in [3.8, 4) is 0 Å². The Kier molecular flexibility index (Phi) is 3.96. The molecule has 0 aliphatic rings. The molecule has 80 valence electrons. The summed E-state index contributed by atoms with van der Waals surface area (Å²) >= 11 is 0. The summed E-state index contributed by atoms with van der Waals surface area (Å²) in [6, 6.07) is 6.56. The molecule has 0 fully saturated rings. The van der Waals surface area contributed by atoms with Crippen LogP contribution in [0.3, 0.4) is 0 Å². The van der Waals surface area contributed by atoms with Gasteiger partial charge in [-0.25, -0.2) is 0 Å². The summed E-state index contributed by atoms with van der Waals surface area (Å²) in [5, 5.41) is 11.3. The third-order valence-corrected chi connectivity index (χ3v) is 2.08. The van der Waals surface area contributed by atoms with Gasteiger partial charge in [0.05, 0.1) is 17.4 Å². The van der Waals surface area contributed by atoms with Gasteiger partial charge in [-0.3, -0.25) is 10.7 Å². The van der Waals surface area contributed by atoms with E-state index in [1.807, 2.05) is 5.48 Å². The third-order valence-electron chi connectivity index (χ3n) is 2.08. The van der Waals surface area contributed by atoms with Gasteiger partial charge in [0.15, 0.2) is 0 Å². The molecule has 1 unspecified atom stereocenters. The lowest BCUT2D eigenvalue weighted by Crippen LogP contribution is -2.23. The van der Waals surface area contributed by atoms with Gasteiger partial charge in [-0.15, -0.1) is 4.91 Å². The number of nitrogens with zero attached hydrogens (tertiary/aromatic N) is 1. The summed E-state index contributed by atoms with van der Waals surface area (Å²) in [6.07, 6.45) is 0.496. The summed E-state index contributed by atoms with van der Waals surface area (Å²) in [5.74, 6) is 0. The fourth-order valence-electron chi connectivity index (χ4n) is 1.15. The quantitative estimate of drug-likeness (QED) is 0.506. The second kappa shape index (κ2) is 5.23. The van der Waals surface area contributed by atoms with Gasteiger partial charge in [-0.2, -0.15) is 0 Å². The second-order valence-corrected chi connectivity index (χ2v) is 3.20. The Morgan fingerprint density at radius 1 is 1.53 bits per heavy atom. The van der Waals surface area contributed by atoms with Crippen molar-refractivity contribution in [3.05, 3.63) is 47.0 Å². The van der Waals surface area contributed by atoms with E-state index >= 15 is 0 Å². The van der Waals surface area contributed by atoms with E-state index in [4.69, 9.17) is 10.9 Å². The molecule has 0 radical (unpaired) electrons. The van der Waals surface area contributed by atoms with Crippen LogP contribution < -0.4 is 11.2 Å². The maximum absolute atomic E-state index is 10.2. The minimum Gasteiger partial charge on any atom is -0.322 e. The molecule has 15 heavy (non-hydrogen) atoms. The van der Waals surface area contributed by atoms with Crippen LogP contribution in [-0.4, -0.2) is 11.2 Å². The van der Waals surface area contributed by atoms with Gasteiger partial charge in [0.25, 0.3) is 0 Å². The van der Waals surface area contributed by atoms with Gasteiger partial charge in [0, 0.05) is 0 Å². The molecule has 0 heterocycles. The molecule has 0 aromatic heterocycles. The zero-order valence-corrected chi connectivity index (χ0v) is 8.18. The number of anilines is 1. The fourth-order valence-corrected chi connectivity index (χ4v) is 1.15. The maximum atomic E-state index is 10.2. The zero-order chi connectivity index (χ0) is 11.3. The smallest absolute Gasteiger partial charge is 0.0947 e. The van der Waals surface area contributed by atoms with E-state index in [-0.39, 0.29) is 5.70 Å². The van der Waals surface area contributed by atoms with Crippen molar-refractivity contribution >= 4 is 5.69 Å². The standard InChI is InChI=1S/C10H13N3O2/c1-7(12-14)10(11)6-8-2-4-9(13-15)5-3-8/h2-5,10,13,15H,1,6,11H2. The summed E-state index contributed by atoms with van der Waals surface area (Å²) in [5.41, 5.74) is 9.38. The van der Waals surface area contributed by atoms with Crippen LogP contribution in [0.4, 0.5) is 5.69 Å². The van der Waals surface area contributed by atoms with E-state index in [0.29, 0.717) is 12.1 Å². The van der Waals surface area contributed by atoms with Crippen molar-refractivity contribution < 1.29 is 5.21 Å². The Morgan fingerprint density at radius 2 is 2.13 bits per heavy atom. The van der Waals surface area contributed by atoms with Gasteiger partial charge < -0.3 is 5.73 Å². The first kappa shape index (κ1) is 11.4. The molecule has 5 heteroatoms. The van der Waals surface area contributed by atoms with Crippen LogP contribution in [0.15, 0.2) is 41.7 Å². The first-order valence-electron chi connectivity index (χ1n) is 4.44. The van der Waals surface area contributed by atoms with E-state index in [1.54, 1.807) is 24.3 Å². The number of hydrogen-bond donors (Lipinski definition) is 3. The first-order chi connectivity index (χ1) is 7.17. The highest BCUT2D eigenvalue weighted by atomic mass is 16.5. The second-order valence-electron chi connectivity index (χ2n) is 3.20. The van der Waals surface area contributed by atoms with E-state index in [9.17, 15) is 4.91 Å². The van der Waals surface area contributed by atoms with Crippen LogP contribution in [0.25, 0.3) is 0 Å². The van der Waals surface area contributed by atoms with Gasteiger partial charge in [-0.1, -0.05) is 18.7 Å². The van der Waals surface area contributed by atoms with Crippen LogP contribution in [0, 0.1) is 4.91 Å². The van der Waals surface area contributed by atoms with Crippen molar-refractivity contribution in [1.82, 2.24) is 0 Å². The van der Waals surface area contributed by atoms with Gasteiger partial charge in [0.2, 0.25) is 0 Å². The number of rotatable bonds is 5. The molecule has 1 rings (SSSR count). The Balaban J connectivity index is 2.64. The average Bonchev–Trinajstić information content (AvgIpc) is 2.29. The van der Waals surface area contributed by atoms with Crippen LogP contribution in [0.2, 0.25) is 0 Å². The molecule has 0 aliphatic heterocycles. The number of hydrogen-bond acceptors (Lipinski definition) is 5. The Bertz CT molecular complexity index is 348. The monoisotopic (exact) mass is 207 g/mol. The van der Waals surface area contributed by atoms with Crippen molar-refractivity contribution in [2.45, 2.75) is 12.5 Å². The predicted octanol–water partition coefficient (Wildman–Crippen LogP) is 1.64. The van der Waals surface area contributed by atoms with Crippen LogP contribution in [-0.2, 0) is 6.42 Å². The average molecular weight is 207 g/mol. The minimum atomic E-state index is -0.463. The minimum absolute atomic E-state index is 0.138. The SMILES string of the molecule is C=C(N=O)C(N)Cc1ccc(NO)cc1. The largest absolute Gasteiger partial charge is 0.322 e. The van der Waals surface area contributed by atoms with Crippen LogP contribution >= 0.6 is 0 Å². The number of nitrogens with two attached hydrogens (primary N) is 1. The van der Waals surface area contributed by atoms with Gasteiger partial charge in [0.1, 0.15) is 0 Å². The van der Waals surface area contributed by atoms with E-state index < -0.39 is 6.04 Å². The summed E-state index contributed by atoms with van der Waals surface area (Å²) in [7, 11) is 0. The molecule has 0 aliphatic carbocycles. The third kappa shape index (κ3) is 3.16. The normalized spacial score (nSPS) is 11.9. The fraction of sp³-hybridized carbons (Fsp3) is 0.200. The first-order valence-corrected chi connectivity index (χ1v) is 4.44. The Labute approximate surface area is 87.5 Å². The number of benzene rings is 1. The Hall–Kier alpha value is -1.72. The predicted molar refractivity (Wildman–Crippen MR) is 58.5 cm³/mol. The summed E-state index contributed by atoms with van der Waals surface area (Å²) in [4.78, 5) is 10.2. The molecule has 1 aromatic carbocycles. The lowest BCUT2D eigenvalue weighted by atomic mass is 10.0.